The first-order valence-electron chi connectivity index (χ1n) is 9.60. The summed E-state index contributed by atoms with van der Waals surface area (Å²) in [6, 6.07) is 16.1. The van der Waals surface area contributed by atoms with Crippen LogP contribution in [0.2, 0.25) is 0 Å². The summed E-state index contributed by atoms with van der Waals surface area (Å²) in [5.41, 5.74) is 9.80. The number of benzene rings is 2. The van der Waals surface area contributed by atoms with Crippen molar-refractivity contribution in [3.63, 3.8) is 0 Å². The number of hydrogen-bond donors (Lipinski definition) is 2. The third-order valence-electron chi connectivity index (χ3n) is 5.06. The van der Waals surface area contributed by atoms with Gasteiger partial charge in [-0.15, -0.1) is 11.3 Å². The van der Waals surface area contributed by atoms with Gasteiger partial charge in [0.15, 0.2) is 0 Å². The third-order valence-corrected chi connectivity index (χ3v) is 6.61. The molecule has 0 atom stereocenters. The molecule has 0 saturated heterocycles. The van der Waals surface area contributed by atoms with E-state index in [1.165, 1.54) is 23.2 Å². The highest BCUT2D eigenvalue weighted by Crippen LogP contribution is 2.32. The number of nitrogens with two attached hydrogens (primary N) is 1. The molecule has 9 heteroatoms. The van der Waals surface area contributed by atoms with Crippen LogP contribution in [0, 0.1) is 0 Å². The molecule has 3 heterocycles. The molecule has 0 saturated carbocycles. The van der Waals surface area contributed by atoms with Crippen molar-refractivity contribution in [3.05, 3.63) is 76.0 Å². The van der Waals surface area contributed by atoms with Gasteiger partial charge in [-0.1, -0.05) is 36.4 Å². The van der Waals surface area contributed by atoms with Gasteiger partial charge in [-0.2, -0.15) is 5.10 Å². The number of aromatic nitrogens is 4. The number of halogens is 1. The highest BCUT2D eigenvalue weighted by molar-refractivity contribution is 9.10. The number of nitrogens with one attached hydrogen (secondary N) is 1. The van der Waals surface area contributed by atoms with Gasteiger partial charge in [-0.05, 0) is 40.0 Å². The zero-order valence-corrected chi connectivity index (χ0v) is 18.7. The van der Waals surface area contributed by atoms with Crippen LogP contribution in [0.5, 0.6) is 0 Å². The van der Waals surface area contributed by atoms with Gasteiger partial charge in [0.2, 0.25) is 0 Å². The largest absolute Gasteiger partial charge is 0.382 e. The molecule has 0 bridgehead atoms. The second-order valence-electron chi connectivity index (χ2n) is 6.99. The molecule has 2 aromatic carbocycles. The lowest BCUT2D eigenvalue weighted by Gasteiger charge is -2.07. The Bertz CT molecular complexity index is 1410. The average molecular weight is 493 g/mol. The average Bonchev–Trinajstić information content (AvgIpc) is 3.36. The molecule has 5 aromatic rings. The number of aryl methyl sites for hydroxylation is 2. The van der Waals surface area contributed by atoms with Crippen molar-refractivity contribution in [3.8, 4) is 0 Å². The molecule has 3 aromatic heterocycles. The predicted molar refractivity (Wildman–Crippen MR) is 127 cm³/mol. The monoisotopic (exact) mass is 492 g/mol. The van der Waals surface area contributed by atoms with Crippen LogP contribution in [-0.2, 0) is 13.0 Å². The number of hydrogen-bond acceptors (Lipinski definition) is 6. The molecule has 0 spiro atoms. The van der Waals surface area contributed by atoms with Crippen LogP contribution >= 0.6 is 27.3 Å². The summed E-state index contributed by atoms with van der Waals surface area (Å²) in [5.74, 6) is 0.124. The van der Waals surface area contributed by atoms with Gasteiger partial charge >= 0.3 is 0 Å². The van der Waals surface area contributed by atoms with Crippen molar-refractivity contribution < 1.29 is 4.79 Å². The number of anilines is 2. The van der Waals surface area contributed by atoms with Gasteiger partial charge in [0.25, 0.3) is 5.91 Å². The van der Waals surface area contributed by atoms with Crippen molar-refractivity contribution in [1.29, 1.82) is 0 Å². The number of nitrogens with zero attached hydrogens (tertiary/aromatic N) is 4. The fourth-order valence-electron chi connectivity index (χ4n) is 3.56. The van der Waals surface area contributed by atoms with Crippen LogP contribution in [0.1, 0.15) is 15.9 Å². The topological polar surface area (TPSA) is 98.7 Å². The van der Waals surface area contributed by atoms with Gasteiger partial charge in [-0.25, -0.2) is 9.97 Å². The number of fused-ring (bicyclic) bond motifs is 2. The second-order valence-corrected chi connectivity index (χ2v) is 8.62. The lowest BCUT2D eigenvalue weighted by atomic mass is 10.1. The van der Waals surface area contributed by atoms with E-state index in [0.717, 1.165) is 23.9 Å². The van der Waals surface area contributed by atoms with E-state index >= 15 is 0 Å². The van der Waals surface area contributed by atoms with E-state index in [-0.39, 0.29) is 5.91 Å². The van der Waals surface area contributed by atoms with Gasteiger partial charge in [0.05, 0.1) is 32.4 Å². The summed E-state index contributed by atoms with van der Waals surface area (Å²) in [7, 11) is 0. The lowest BCUT2D eigenvalue weighted by Crippen LogP contribution is -2.12. The number of thiophene rings is 1. The van der Waals surface area contributed by atoms with E-state index < -0.39 is 0 Å². The van der Waals surface area contributed by atoms with Gasteiger partial charge < -0.3 is 11.1 Å². The molecule has 31 heavy (non-hydrogen) atoms. The zero-order valence-electron chi connectivity index (χ0n) is 16.2. The Kier molecular flexibility index (Phi) is 5.13. The number of nitrogen functional groups attached to an aromatic ring is 1. The molecule has 0 unspecified atom stereocenters. The predicted octanol–water partition coefficient (Wildman–Crippen LogP) is 4.88. The molecule has 5 rings (SSSR count). The molecular formula is C22H17BrN6OS. The summed E-state index contributed by atoms with van der Waals surface area (Å²) >= 11 is 4.92. The quantitative estimate of drug-likeness (QED) is 0.364. The summed E-state index contributed by atoms with van der Waals surface area (Å²) < 4.78 is 3.35. The lowest BCUT2D eigenvalue weighted by molar-refractivity contribution is 0.102. The van der Waals surface area contributed by atoms with E-state index in [0.29, 0.717) is 31.9 Å². The molecular weight excluding hydrogens is 476 g/mol. The maximum absolute atomic E-state index is 13.0. The summed E-state index contributed by atoms with van der Waals surface area (Å²) in [6.45, 7) is 0.731. The van der Waals surface area contributed by atoms with Gasteiger partial charge in [0, 0.05) is 11.9 Å². The van der Waals surface area contributed by atoms with E-state index in [9.17, 15) is 4.79 Å². The van der Waals surface area contributed by atoms with Crippen molar-refractivity contribution >= 4 is 65.8 Å². The normalized spacial score (nSPS) is 11.3. The number of rotatable bonds is 5. The van der Waals surface area contributed by atoms with Crippen molar-refractivity contribution in [1.82, 2.24) is 19.7 Å². The highest BCUT2D eigenvalue weighted by atomic mass is 79.9. The van der Waals surface area contributed by atoms with E-state index in [1.807, 2.05) is 41.1 Å². The van der Waals surface area contributed by atoms with Crippen LogP contribution < -0.4 is 11.1 Å². The molecule has 154 valence electrons. The maximum Gasteiger partial charge on any atom is 0.258 e. The van der Waals surface area contributed by atoms with E-state index in [2.05, 4.69) is 48.4 Å². The minimum absolute atomic E-state index is 0.249. The van der Waals surface area contributed by atoms with E-state index in [4.69, 9.17) is 5.73 Å². The van der Waals surface area contributed by atoms with Crippen molar-refractivity contribution in [2.75, 3.05) is 11.1 Å². The van der Waals surface area contributed by atoms with Gasteiger partial charge in [0.1, 0.15) is 16.7 Å². The first kappa shape index (κ1) is 19.7. The molecule has 7 nitrogen and oxygen atoms in total. The SMILES string of the molecule is Nc1ncnc2c(C(=O)Nc3cccc4c3c(Br)nn4CCc3ccccc3)csc12. The Morgan fingerprint density at radius 2 is 1.97 bits per heavy atom. The summed E-state index contributed by atoms with van der Waals surface area (Å²) in [4.78, 5) is 21.2. The summed E-state index contributed by atoms with van der Waals surface area (Å²) in [5, 5.41) is 10.3. The zero-order chi connectivity index (χ0) is 21.4. The van der Waals surface area contributed by atoms with E-state index in [1.54, 1.807) is 5.38 Å². The standard InChI is InChI=1S/C22H17BrN6OS/c23-20-17-15(27-22(30)14-11-31-19-18(14)25-12-26-21(19)24)7-4-8-16(17)29(28-20)10-9-13-5-2-1-3-6-13/h1-8,11-12H,9-10H2,(H,27,30)(H2,24,25,26). The fourth-order valence-corrected chi connectivity index (χ4v) is 5.07. The Balaban J connectivity index is 1.45. The first-order valence-corrected chi connectivity index (χ1v) is 11.3. The molecule has 0 radical (unpaired) electrons. The minimum atomic E-state index is -0.249. The van der Waals surface area contributed by atoms with Crippen molar-refractivity contribution in [2.45, 2.75) is 13.0 Å². The van der Waals surface area contributed by atoms with Crippen LogP contribution in [0.15, 0.2) is 64.8 Å². The molecule has 0 aliphatic carbocycles. The van der Waals surface area contributed by atoms with Crippen molar-refractivity contribution in [2.24, 2.45) is 0 Å². The van der Waals surface area contributed by atoms with Crippen LogP contribution in [0.3, 0.4) is 0 Å². The molecule has 3 N–H and O–H groups in total. The van der Waals surface area contributed by atoms with Crippen LogP contribution in [-0.4, -0.2) is 25.7 Å². The summed E-state index contributed by atoms with van der Waals surface area (Å²) in [6.07, 6.45) is 2.23. The Morgan fingerprint density at radius 3 is 2.81 bits per heavy atom. The first-order chi connectivity index (χ1) is 15.1. The Hall–Kier alpha value is -3.30. The number of carbonyl (C=O) groups excluding carboxylic acids is 1. The second kappa shape index (κ2) is 8.09. The minimum Gasteiger partial charge on any atom is -0.382 e. The highest BCUT2D eigenvalue weighted by Gasteiger charge is 2.18. The Morgan fingerprint density at radius 1 is 1.13 bits per heavy atom. The number of carbonyl (C=O) groups is 1. The van der Waals surface area contributed by atoms with Gasteiger partial charge in [-0.3, -0.25) is 9.48 Å². The fraction of sp³-hybridized carbons (Fsp3) is 0.0909. The third kappa shape index (κ3) is 3.66. The van der Waals surface area contributed by atoms with Crippen LogP contribution in [0.4, 0.5) is 11.5 Å². The smallest absolute Gasteiger partial charge is 0.258 e. The van der Waals surface area contributed by atoms with Crippen LogP contribution in [0.25, 0.3) is 21.1 Å². The molecule has 0 aliphatic rings. The molecule has 1 amide bonds. The molecule has 0 fully saturated rings. The Labute approximate surface area is 190 Å². The number of amides is 1. The maximum atomic E-state index is 13.0. The molecule has 0 aliphatic heterocycles.